The molecule has 0 aliphatic rings. The van der Waals surface area contributed by atoms with Gasteiger partial charge in [-0.3, -0.25) is 0 Å². The van der Waals surface area contributed by atoms with Gasteiger partial charge in [-0.2, -0.15) is 0 Å². The fraction of sp³-hybridized carbons (Fsp3) is 0. The van der Waals surface area contributed by atoms with Crippen LogP contribution in [0.15, 0.2) is 0 Å². The van der Waals surface area contributed by atoms with Crippen molar-refractivity contribution in [2.24, 2.45) is 0 Å². The van der Waals surface area contributed by atoms with Gasteiger partial charge in [0, 0.05) is 61.8 Å². The van der Waals surface area contributed by atoms with Gasteiger partial charge >= 0.3 is 65.6 Å². The van der Waals surface area contributed by atoms with Gasteiger partial charge in [-0.15, -0.1) is 0 Å². The average Bonchev–Trinajstić information content (AvgIpc) is 1.00. The third-order valence-electron chi connectivity index (χ3n) is 0. The zero-order valence-corrected chi connectivity index (χ0v) is 15.7. The van der Waals surface area contributed by atoms with Gasteiger partial charge < -0.3 is 6.38 Å². The number of halogens is 1. The summed E-state index contributed by atoms with van der Waals surface area (Å²) in [5.74, 6) is 0. The second-order valence-corrected chi connectivity index (χ2v) is 0. The Bertz CT molecular complexity index is 17.7. The fourth-order valence-electron chi connectivity index (χ4n) is 0. The molecule has 5 heavy (non-hydrogen) atoms. The van der Waals surface area contributed by atoms with E-state index >= 15 is 0 Å². The number of hydrogen-bond acceptors (Lipinski definition) is 0. The van der Waals surface area contributed by atoms with Gasteiger partial charge in [-0.1, -0.05) is 0 Å². The smallest absolute Gasteiger partial charge is 1.00 e. The Labute approximate surface area is 130 Å². The van der Waals surface area contributed by atoms with E-state index in [9.17, 15) is 3.52 Å². The Hall–Kier alpha value is 4.11. The molecule has 0 aliphatic heterocycles. The van der Waals surface area contributed by atoms with Gasteiger partial charge in [0.15, 0.2) is 0 Å². The molecule has 23 valence electrons. The summed E-state index contributed by atoms with van der Waals surface area (Å²) in [7, 11) is 0. The van der Waals surface area contributed by atoms with Crippen molar-refractivity contribution >= 4 is 65.6 Å². The Balaban J connectivity index is -0.000000000500. The van der Waals surface area contributed by atoms with E-state index in [2.05, 4.69) is 0 Å². The van der Waals surface area contributed by atoms with E-state index in [4.69, 9.17) is 0 Å². The topological polar surface area (TPSA) is 0 Å². The van der Waals surface area contributed by atoms with Crippen LogP contribution < -0.4 is 0 Å². The summed E-state index contributed by atoms with van der Waals surface area (Å²) in [4.78, 5) is 0. The summed E-state index contributed by atoms with van der Waals surface area (Å²) in [6, 6.07) is 0. The standard InChI is InChI=1S/Al.Ba.FH.La.Zr.4H/h;;1H;;;;;;/q+1;+2;;;;;;2*-1/p-1. The molecule has 0 unspecified atom stereocenters. The van der Waals surface area contributed by atoms with Crippen LogP contribution in [-0.2, 0) is 26.2 Å². The van der Waals surface area contributed by atoms with Gasteiger partial charge in [-0.05, 0) is 0 Å². The SMILES string of the molecule is [Ba+2].[F][AlH2].[H-].[H-].[La].[Zr]. The normalized spacial score (nSPS) is 1.00. The predicted octanol–water partition coefficient (Wildman–Crippen LogP) is -0.654. The van der Waals surface area contributed by atoms with Crippen LogP contribution in [0.2, 0.25) is 0 Å². The molecule has 0 aromatic heterocycles. The van der Waals surface area contributed by atoms with E-state index in [1.165, 1.54) is 0 Å². The molecule has 5 heteroatoms. The Kier molecular flexibility index (Phi) is 111. The van der Waals surface area contributed by atoms with Crippen LogP contribution in [0.1, 0.15) is 2.85 Å². The molecule has 0 aromatic carbocycles. The first-order valence-electron chi connectivity index (χ1n) is 0.378. The average molecular weight is 417 g/mol. The Morgan fingerprint density at radius 2 is 1.40 bits per heavy atom. The molecule has 0 atom stereocenters. The van der Waals surface area contributed by atoms with Crippen LogP contribution in [0.25, 0.3) is 0 Å². The van der Waals surface area contributed by atoms with Crippen molar-refractivity contribution in [3.63, 3.8) is 0 Å². The maximum atomic E-state index is 9.64. The number of rotatable bonds is 0. The van der Waals surface area contributed by atoms with Crippen LogP contribution in [-0.4, -0.2) is 65.6 Å². The quantitative estimate of drug-likeness (QED) is 0.460. The zero-order valence-electron chi connectivity index (χ0n) is 5.16. The molecular weight excluding hydrogens is 413 g/mol. The summed E-state index contributed by atoms with van der Waals surface area (Å²) in [6.07, 6.45) is 0. The van der Waals surface area contributed by atoms with E-state index < -0.39 is 0 Å². The number of hydrogen-bond donors (Lipinski definition) is 0. The summed E-state index contributed by atoms with van der Waals surface area (Å²) >= 11 is -0.194. The molecule has 0 rings (SSSR count). The molecule has 0 amide bonds. The predicted molar refractivity (Wildman–Crippen MR) is 17.6 cm³/mol. The summed E-state index contributed by atoms with van der Waals surface area (Å²) < 4.78 is 9.64. The molecule has 1 radical (unpaired) electrons. The maximum Gasteiger partial charge on any atom is 2.00 e. The molecule has 0 bridgehead atoms. The van der Waals surface area contributed by atoms with Crippen molar-refractivity contribution in [3.8, 4) is 0 Å². The molecule has 0 aromatic rings. The molecule has 0 saturated heterocycles. The summed E-state index contributed by atoms with van der Waals surface area (Å²) in [5.41, 5.74) is 0. The monoisotopic (exact) mass is 417 g/mol. The minimum absolute atomic E-state index is 0. The van der Waals surface area contributed by atoms with E-state index in [1.807, 2.05) is 0 Å². The third-order valence-corrected chi connectivity index (χ3v) is 0. The van der Waals surface area contributed by atoms with Crippen LogP contribution in [0, 0.1) is 35.6 Å². The van der Waals surface area contributed by atoms with Gasteiger partial charge in [0.05, 0.1) is 0 Å². The largest absolute Gasteiger partial charge is 2.00 e. The van der Waals surface area contributed by atoms with E-state index in [1.54, 1.807) is 0 Å². The fourth-order valence-corrected chi connectivity index (χ4v) is 0. The van der Waals surface area contributed by atoms with E-state index in [0.717, 1.165) is 0 Å². The summed E-state index contributed by atoms with van der Waals surface area (Å²) in [5, 5.41) is 0. The molecule has 0 aliphatic carbocycles. The van der Waals surface area contributed by atoms with Crippen molar-refractivity contribution < 1.29 is 68.2 Å². The maximum absolute atomic E-state index is 9.64. The van der Waals surface area contributed by atoms with Crippen molar-refractivity contribution in [2.75, 3.05) is 0 Å². The minimum atomic E-state index is -0.194. The van der Waals surface area contributed by atoms with Crippen LogP contribution >= 0.6 is 0 Å². The first-order valence-corrected chi connectivity index (χ1v) is 1.13. The summed E-state index contributed by atoms with van der Waals surface area (Å²) in [6.45, 7) is 0. The van der Waals surface area contributed by atoms with Crippen molar-refractivity contribution in [1.82, 2.24) is 0 Å². The van der Waals surface area contributed by atoms with Crippen LogP contribution in [0.3, 0.4) is 0 Å². The third kappa shape index (κ3) is 17.9. The van der Waals surface area contributed by atoms with Gasteiger partial charge in [0.25, 0.3) is 0 Å². The first kappa shape index (κ1) is 22.9. The zero-order chi connectivity index (χ0) is 2.00. The van der Waals surface area contributed by atoms with Crippen molar-refractivity contribution in [3.05, 3.63) is 0 Å². The molecular formula is H4AlBaFLaZr. The molecule has 0 nitrogen and oxygen atoms in total. The van der Waals surface area contributed by atoms with Crippen molar-refractivity contribution in [2.45, 2.75) is 0 Å². The van der Waals surface area contributed by atoms with Crippen LogP contribution in [0.4, 0.5) is 3.52 Å². The molecule has 0 spiro atoms. The second-order valence-electron chi connectivity index (χ2n) is 0. The van der Waals surface area contributed by atoms with Crippen LogP contribution in [0.5, 0.6) is 0 Å². The molecule has 0 saturated carbocycles. The van der Waals surface area contributed by atoms with E-state index in [-0.39, 0.29) is 130 Å². The van der Waals surface area contributed by atoms with Gasteiger partial charge in [0.1, 0.15) is 0 Å². The van der Waals surface area contributed by atoms with Crippen molar-refractivity contribution in [1.29, 1.82) is 0 Å². The van der Waals surface area contributed by atoms with Gasteiger partial charge in [0.2, 0.25) is 0 Å². The molecule has 0 heterocycles. The van der Waals surface area contributed by atoms with E-state index in [0.29, 0.717) is 0 Å². The molecule has 0 fully saturated rings. The van der Waals surface area contributed by atoms with Gasteiger partial charge in [-0.25, -0.2) is 0 Å². The second kappa shape index (κ2) is 24.3. The Morgan fingerprint density at radius 1 is 1.40 bits per heavy atom. The first-order chi connectivity index (χ1) is 1.00. The Morgan fingerprint density at radius 3 is 1.40 bits per heavy atom. The molecule has 0 N–H and O–H groups in total. The minimum Gasteiger partial charge on any atom is -1.00 e.